The normalized spacial score (nSPS) is 15.2. The number of amides is 1. The molecule has 1 aliphatic heterocycles. The van der Waals surface area contributed by atoms with Gasteiger partial charge in [-0.1, -0.05) is 24.3 Å². The van der Waals surface area contributed by atoms with Gasteiger partial charge < -0.3 is 19.5 Å². The maximum Gasteiger partial charge on any atom is 0.259 e. The number of anilines is 1. The van der Waals surface area contributed by atoms with Crippen LogP contribution in [0.3, 0.4) is 0 Å². The minimum absolute atomic E-state index is 0.0489. The molecule has 0 spiro atoms. The van der Waals surface area contributed by atoms with E-state index in [4.69, 9.17) is 4.74 Å². The smallest absolute Gasteiger partial charge is 0.259 e. The summed E-state index contributed by atoms with van der Waals surface area (Å²) in [4.78, 5) is 15.3. The predicted molar refractivity (Wildman–Crippen MR) is 154 cm³/mol. The van der Waals surface area contributed by atoms with E-state index in [1.807, 2.05) is 32.2 Å². The Morgan fingerprint density at radius 2 is 2.00 bits per heavy atom. The summed E-state index contributed by atoms with van der Waals surface area (Å²) in [5.74, 6) is 0.416. The molecule has 1 N–H and O–H groups in total. The number of carbonyl (C=O) groups excluding carboxylic acids is 1. The summed E-state index contributed by atoms with van der Waals surface area (Å²) in [6.45, 7) is 2.95. The van der Waals surface area contributed by atoms with Crippen LogP contribution in [0.5, 0.6) is 0 Å². The van der Waals surface area contributed by atoms with Gasteiger partial charge in [-0.2, -0.15) is 5.26 Å². The van der Waals surface area contributed by atoms with Crippen LogP contribution in [-0.2, 0) is 24.9 Å². The van der Waals surface area contributed by atoms with Crippen LogP contribution in [0.2, 0.25) is 0 Å². The largest absolute Gasteiger partial charge is 0.383 e. The molecule has 1 atom stereocenters. The van der Waals surface area contributed by atoms with Crippen molar-refractivity contribution in [3.05, 3.63) is 88.5 Å². The van der Waals surface area contributed by atoms with E-state index in [0.29, 0.717) is 52.8 Å². The Morgan fingerprint density at radius 1 is 1.17 bits per heavy atom. The van der Waals surface area contributed by atoms with E-state index < -0.39 is 5.82 Å². The molecule has 1 fully saturated rings. The number of methoxy groups -OCH3 is 1. The first-order valence-electron chi connectivity index (χ1n) is 13.8. The van der Waals surface area contributed by atoms with E-state index in [0.717, 1.165) is 16.7 Å². The second-order valence-corrected chi connectivity index (χ2v) is 10.9. The highest BCUT2D eigenvalue weighted by Gasteiger charge is 2.34. The molecule has 0 bridgehead atoms. The number of halogens is 1. The summed E-state index contributed by atoms with van der Waals surface area (Å²) in [5.41, 5.74) is 5.89. The maximum atomic E-state index is 15.3. The van der Waals surface area contributed by atoms with Gasteiger partial charge in [0, 0.05) is 43.4 Å². The third kappa shape index (κ3) is 5.12. The Morgan fingerprint density at radius 3 is 2.71 bits per heavy atom. The maximum absolute atomic E-state index is 15.3. The van der Waals surface area contributed by atoms with Crippen LogP contribution in [0.15, 0.2) is 54.9 Å². The first kappa shape index (κ1) is 26.8. The third-order valence-electron chi connectivity index (χ3n) is 7.86. The Labute approximate surface area is 238 Å². The highest BCUT2D eigenvalue weighted by Crippen LogP contribution is 2.44. The molecule has 208 valence electrons. The van der Waals surface area contributed by atoms with Gasteiger partial charge in [0.25, 0.3) is 5.91 Å². The molecule has 9 heteroatoms. The van der Waals surface area contributed by atoms with Crippen LogP contribution < -0.4 is 10.2 Å². The van der Waals surface area contributed by atoms with Gasteiger partial charge in [0.1, 0.15) is 18.2 Å². The molecule has 41 heavy (non-hydrogen) atoms. The molecule has 2 heterocycles. The van der Waals surface area contributed by atoms with Gasteiger partial charge in [-0.25, -0.2) is 4.39 Å². The molecule has 0 radical (unpaired) electrons. The lowest BCUT2D eigenvalue weighted by Gasteiger charge is -2.21. The van der Waals surface area contributed by atoms with Crippen molar-refractivity contribution in [3.8, 4) is 28.6 Å². The number of benzene rings is 3. The topological polar surface area (TPSA) is 96.1 Å². The minimum Gasteiger partial charge on any atom is -0.383 e. The fraction of sp³-hybridized carbons (Fsp3) is 0.312. The number of rotatable bonds is 9. The second-order valence-electron chi connectivity index (χ2n) is 10.9. The van der Waals surface area contributed by atoms with Crippen LogP contribution in [0, 0.1) is 17.1 Å². The van der Waals surface area contributed by atoms with Crippen molar-refractivity contribution in [1.82, 2.24) is 20.1 Å². The van der Waals surface area contributed by atoms with E-state index in [1.165, 1.54) is 29.4 Å². The predicted octanol–water partition coefficient (Wildman–Crippen LogP) is 5.32. The lowest BCUT2D eigenvalue weighted by molar-refractivity contribution is 0.0996. The minimum atomic E-state index is -0.430. The van der Waals surface area contributed by atoms with Crippen molar-refractivity contribution in [1.29, 1.82) is 5.26 Å². The molecule has 1 saturated carbocycles. The first-order chi connectivity index (χ1) is 19.9. The lowest BCUT2D eigenvalue weighted by Crippen LogP contribution is -2.29. The zero-order chi connectivity index (χ0) is 28.7. The Balaban J connectivity index is 1.42. The summed E-state index contributed by atoms with van der Waals surface area (Å²) in [5, 5.41) is 21.9. The Hall–Kier alpha value is -4.39. The van der Waals surface area contributed by atoms with Crippen LogP contribution in [-0.4, -0.2) is 40.4 Å². The Kier molecular flexibility index (Phi) is 7.12. The molecule has 6 rings (SSSR count). The van der Waals surface area contributed by atoms with E-state index in [-0.39, 0.29) is 18.5 Å². The molecule has 8 nitrogen and oxygen atoms in total. The number of aromatic nitrogens is 3. The molecular formula is C32H31FN6O2. The van der Waals surface area contributed by atoms with E-state index in [9.17, 15) is 10.1 Å². The molecule has 1 aromatic heterocycles. The van der Waals surface area contributed by atoms with Gasteiger partial charge in [0.15, 0.2) is 5.82 Å². The van der Waals surface area contributed by atoms with Gasteiger partial charge >= 0.3 is 0 Å². The third-order valence-corrected chi connectivity index (χ3v) is 7.86. The van der Waals surface area contributed by atoms with E-state index >= 15 is 4.39 Å². The molecule has 1 amide bonds. The van der Waals surface area contributed by atoms with Crippen molar-refractivity contribution < 1.29 is 13.9 Å². The zero-order valence-electron chi connectivity index (χ0n) is 23.3. The summed E-state index contributed by atoms with van der Waals surface area (Å²) >= 11 is 0. The van der Waals surface area contributed by atoms with Gasteiger partial charge in [0.05, 0.1) is 24.4 Å². The second kappa shape index (κ2) is 10.9. The quantitative estimate of drug-likeness (QED) is 0.303. The lowest BCUT2D eigenvalue weighted by atomic mass is 9.93. The summed E-state index contributed by atoms with van der Waals surface area (Å²) in [6.07, 6.45) is 3.96. The highest BCUT2D eigenvalue weighted by atomic mass is 19.1. The molecule has 0 saturated heterocycles. The molecular weight excluding hydrogens is 519 g/mol. The average molecular weight is 551 g/mol. The van der Waals surface area contributed by atoms with Crippen molar-refractivity contribution in [3.63, 3.8) is 0 Å². The van der Waals surface area contributed by atoms with Gasteiger partial charge in [-0.05, 0) is 72.2 Å². The fourth-order valence-electron chi connectivity index (χ4n) is 5.55. The SMILES string of the molecule is COC[C@@H](C)NCc1cc(F)c2c(c1)C(=O)N(c1cc(-c3cccc(C4CC4)c3)c(-c3nncn3C)cc1C#N)C2. The Bertz CT molecular complexity index is 1690. The molecule has 3 aromatic carbocycles. The number of nitrogens with one attached hydrogen (secondary N) is 1. The number of fused-ring (bicyclic) bond motifs is 1. The number of nitrogens with zero attached hydrogens (tertiary/aromatic N) is 5. The molecule has 0 unspecified atom stereocenters. The number of ether oxygens (including phenoxy) is 1. The molecule has 1 aliphatic carbocycles. The first-order valence-corrected chi connectivity index (χ1v) is 13.8. The van der Waals surface area contributed by atoms with Gasteiger partial charge in [-0.3, -0.25) is 4.79 Å². The van der Waals surface area contributed by atoms with Crippen molar-refractivity contribution in [2.75, 3.05) is 18.6 Å². The average Bonchev–Trinajstić information content (AvgIpc) is 3.66. The zero-order valence-corrected chi connectivity index (χ0v) is 23.3. The number of nitriles is 1. The summed E-state index contributed by atoms with van der Waals surface area (Å²) in [7, 11) is 3.48. The van der Waals surface area contributed by atoms with Crippen molar-refractivity contribution in [2.24, 2.45) is 7.05 Å². The van der Waals surface area contributed by atoms with E-state index in [1.54, 1.807) is 30.1 Å². The number of aryl methyl sites for hydroxylation is 1. The number of hydrogen-bond donors (Lipinski definition) is 1. The number of hydrogen-bond acceptors (Lipinski definition) is 6. The molecule has 4 aromatic rings. The van der Waals surface area contributed by atoms with Gasteiger partial charge in [0.2, 0.25) is 0 Å². The van der Waals surface area contributed by atoms with Crippen molar-refractivity contribution >= 4 is 11.6 Å². The van der Waals surface area contributed by atoms with Gasteiger partial charge in [-0.15, -0.1) is 10.2 Å². The van der Waals surface area contributed by atoms with Crippen molar-refractivity contribution in [2.45, 2.75) is 44.8 Å². The fourth-order valence-corrected chi connectivity index (χ4v) is 5.55. The van der Waals surface area contributed by atoms with Crippen LogP contribution in [0.1, 0.15) is 58.3 Å². The summed E-state index contributed by atoms with van der Waals surface area (Å²) < 4.78 is 22.3. The summed E-state index contributed by atoms with van der Waals surface area (Å²) in [6, 6.07) is 17.6. The highest BCUT2D eigenvalue weighted by molar-refractivity contribution is 6.11. The van der Waals surface area contributed by atoms with Crippen LogP contribution in [0.25, 0.3) is 22.5 Å². The van der Waals surface area contributed by atoms with Crippen LogP contribution >= 0.6 is 0 Å². The van der Waals surface area contributed by atoms with Crippen LogP contribution in [0.4, 0.5) is 10.1 Å². The van der Waals surface area contributed by atoms with E-state index in [2.05, 4.69) is 33.7 Å². The monoisotopic (exact) mass is 550 g/mol. The standard InChI is InChI=1S/C32H31FN6O2/c1-19(17-41-3)35-15-20-9-27-28(29(33)10-20)16-39(32(27)40)30-13-25(23-6-4-5-22(11-23)21-7-8-21)26(12-24(30)14-34)31-37-36-18-38(31)2/h4-6,9-13,18-19,21,35H,7-8,15-17H2,1-3H3/t19-/m1/s1. The molecule has 2 aliphatic rings. The number of carbonyl (C=O) groups is 1.